The lowest BCUT2D eigenvalue weighted by atomic mass is 9.65. The van der Waals surface area contributed by atoms with Crippen LogP contribution in [0.3, 0.4) is 0 Å². The standard InChI is InChI=1S/C24H42O/c1-2-3-4-5-7-19-10-12-20(13-11-19)21-14-16-22(17-15-21)23-8-6-9-24(25)18-23/h19-23H,2-18H2,1H3/t19-,20-,21?,22?,23?. The van der Waals surface area contributed by atoms with Crippen molar-refractivity contribution in [2.75, 3.05) is 0 Å². The molecule has 0 aromatic rings. The normalized spacial score (nSPS) is 37.2. The Balaban J connectivity index is 1.33. The van der Waals surface area contributed by atoms with Gasteiger partial charge >= 0.3 is 0 Å². The van der Waals surface area contributed by atoms with E-state index in [0.717, 1.165) is 42.4 Å². The number of hydrogen-bond acceptors (Lipinski definition) is 1. The molecule has 1 nitrogen and oxygen atoms in total. The van der Waals surface area contributed by atoms with Gasteiger partial charge in [-0.25, -0.2) is 0 Å². The van der Waals surface area contributed by atoms with Crippen LogP contribution >= 0.6 is 0 Å². The zero-order chi connectivity index (χ0) is 17.5. The van der Waals surface area contributed by atoms with Crippen molar-refractivity contribution in [2.45, 2.75) is 116 Å². The molecule has 0 aromatic heterocycles. The molecule has 0 heterocycles. The third-order valence-electron chi connectivity index (χ3n) is 8.03. The van der Waals surface area contributed by atoms with E-state index in [-0.39, 0.29) is 0 Å². The van der Waals surface area contributed by atoms with Gasteiger partial charge in [0.05, 0.1) is 0 Å². The molecule has 1 unspecified atom stereocenters. The Morgan fingerprint density at radius 3 is 1.92 bits per heavy atom. The molecule has 144 valence electrons. The number of rotatable bonds is 7. The van der Waals surface area contributed by atoms with Crippen LogP contribution in [0.4, 0.5) is 0 Å². The number of carbonyl (C=O) groups excluding carboxylic acids is 1. The third-order valence-corrected chi connectivity index (χ3v) is 8.03. The van der Waals surface area contributed by atoms with Crippen LogP contribution in [0.2, 0.25) is 0 Å². The summed E-state index contributed by atoms with van der Waals surface area (Å²) in [4.78, 5) is 11.8. The van der Waals surface area contributed by atoms with E-state index in [1.54, 1.807) is 0 Å². The van der Waals surface area contributed by atoms with Gasteiger partial charge in [0.2, 0.25) is 0 Å². The van der Waals surface area contributed by atoms with Gasteiger partial charge in [-0.1, -0.05) is 51.9 Å². The Kier molecular flexibility index (Phi) is 7.87. The second kappa shape index (κ2) is 10.1. The predicted octanol–water partition coefficient (Wildman–Crippen LogP) is 7.33. The van der Waals surface area contributed by atoms with Gasteiger partial charge in [0.25, 0.3) is 0 Å². The highest BCUT2D eigenvalue weighted by Crippen LogP contribution is 2.45. The summed E-state index contributed by atoms with van der Waals surface area (Å²) in [6.07, 6.45) is 23.4. The van der Waals surface area contributed by atoms with Crippen molar-refractivity contribution < 1.29 is 4.79 Å². The van der Waals surface area contributed by atoms with Crippen molar-refractivity contribution in [3.05, 3.63) is 0 Å². The van der Waals surface area contributed by atoms with Crippen LogP contribution < -0.4 is 0 Å². The molecular weight excluding hydrogens is 304 g/mol. The summed E-state index contributed by atoms with van der Waals surface area (Å²) in [7, 11) is 0. The van der Waals surface area contributed by atoms with E-state index in [2.05, 4.69) is 6.92 Å². The minimum absolute atomic E-state index is 0.552. The number of ketones is 1. The second-order valence-corrected chi connectivity index (χ2v) is 9.70. The summed E-state index contributed by atoms with van der Waals surface area (Å²) in [5.74, 6) is 5.31. The van der Waals surface area contributed by atoms with E-state index in [1.165, 1.54) is 96.3 Å². The first-order valence-corrected chi connectivity index (χ1v) is 11.8. The monoisotopic (exact) mass is 346 g/mol. The molecule has 0 N–H and O–H groups in total. The minimum atomic E-state index is 0.552. The van der Waals surface area contributed by atoms with Crippen molar-refractivity contribution in [3.63, 3.8) is 0 Å². The average molecular weight is 347 g/mol. The zero-order valence-corrected chi connectivity index (χ0v) is 16.8. The van der Waals surface area contributed by atoms with Crippen molar-refractivity contribution in [1.29, 1.82) is 0 Å². The molecule has 3 aliphatic carbocycles. The lowest BCUT2D eigenvalue weighted by molar-refractivity contribution is -0.122. The van der Waals surface area contributed by atoms with E-state index in [4.69, 9.17) is 0 Å². The molecule has 3 fully saturated rings. The number of unbranched alkanes of at least 4 members (excludes halogenated alkanes) is 3. The van der Waals surface area contributed by atoms with Gasteiger partial charge < -0.3 is 0 Å². The van der Waals surface area contributed by atoms with Gasteiger partial charge in [0.1, 0.15) is 5.78 Å². The van der Waals surface area contributed by atoms with E-state index in [0.29, 0.717) is 5.78 Å². The third kappa shape index (κ3) is 5.83. The predicted molar refractivity (Wildman–Crippen MR) is 107 cm³/mol. The van der Waals surface area contributed by atoms with Crippen LogP contribution in [0.5, 0.6) is 0 Å². The van der Waals surface area contributed by atoms with Gasteiger partial charge in [-0.3, -0.25) is 4.79 Å². The van der Waals surface area contributed by atoms with Gasteiger partial charge in [-0.2, -0.15) is 0 Å². The fourth-order valence-corrected chi connectivity index (χ4v) is 6.36. The maximum absolute atomic E-state index is 11.8. The van der Waals surface area contributed by atoms with E-state index in [1.807, 2.05) is 0 Å². The molecule has 3 rings (SSSR count). The Hall–Kier alpha value is -0.330. The number of carbonyl (C=O) groups is 1. The summed E-state index contributed by atoms with van der Waals surface area (Å²) < 4.78 is 0. The molecule has 25 heavy (non-hydrogen) atoms. The molecule has 0 saturated heterocycles. The van der Waals surface area contributed by atoms with Gasteiger partial charge in [0, 0.05) is 12.8 Å². The maximum atomic E-state index is 11.8. The van der Waals surface area contributed by atoms with Crippen LogP contribution in [0, 0.1) is 29.6 Å². The van der Waals surface area contributed by atoms with E-state index >= 15 is 0 Å². The first-order valence-electron chi connectivity index (χ1n) is 11.8. The van der Waals surface area contributed by atoms with Crippen LogP contribution in [-0.4, -0.2) is 5.78 Å². The molecule has 3 aliphatic rings. The van der Waals surface area contributed by atoms with Crippen LogP contribution in [0.15, 0.2) is 0 Å². The minimum Gasteiger partial charge on any atom is -0.300 e. The van der Waals surface area contributed by atoms with E-state index in [9.17, 15) is 4.79 Å². The highest BCUT2D eigenvalue weighted by atomic mass is 16.1. The molecule has 0 aliphatic heterocycles. The van der Waals surface area contributed by atoms with Crippen LogP contribution in [-0.2, 0) is 4.79 Å². The first kappa shape index (κ1) is 19.4. The molecule has 3 saturated carbocycles. The van der Waals surface area contributed by atoms with Crippen molar-refractivity contribution in [1.82, 2.24) is 0 Å². The average Bonchev–Trinajstić information content (AvgIpc) is 2.66. The fraction of sp³-hybridized carbons (Fsp3) is 0.958. The first-order chi connectivity index (χ1) is 12.3. The molecular formula is C24H42O. The highest BCUT2D eigenvalue weighted by Gasteiger charge is 2.34. The van der Waals surface area contributed by atoms with Crippen molar-refractivity contribution in [2.24, 2.45) is 29.6 Å². The van der Waals surface area contributed by atoms with Crippen molar-refractivity contribution in [3.8, 4) is 0 Å². The second-order valence-electron chi connectivity index (χ2n) is 9.70. The SMILES string of the molecule is CCCCCC[C@H]1CC[C@H](C2CCC(C3CCCC(=O)C3)CC2)CC1. The Labute approximate surface area is 156 Å². The highest BCUT2D eigenvalue weighted by molar-refractivity contribution is 5.79. The lowest BCUT2D eigenvalue weighted by Crippen LogP contribution is -2.30. The summed E-state index contributed by atoms with van der Waals surface area (Å²) in [5, 5.41) is 0. The Morgan fingerprint density at radius 1 is 0.720 bits per heavy atom. The molecule has 0 spiro atoms. The lowest BCUT2D eigenvalue weighted by Gasteiger charge is -2.40. The van der Waals surface area contributed by atoms with Crippen molar-refractivity contribution >= 4 is 5.78 Å². The van der Waals surface area contributed by atoms with Crippen LogP contribution in [0.25, 0.3) is 0 Å². The number of Topliss-reactive ketones (excluding diaryl/α,β-unsaturated/α-hetero) is 1. The molecule has 0 bridgehead atoms. The smallest absolute Gasteiger partial charge is 0.133 e. The summed E-state index contributed by atoms with van der Waals surface area (Å²) in [5.41, 5.74) is 0. The van der Waals surface area contributed by atoms with E-state index < -0.39 is 0 Å². The molecule has 1 heteroatoms. The van der Waals surface area contributed by atoms with Crippen LogP contribution in [0.1, 0.15) is 116 Å². The molecule has 0 aromatic carbocycles. The Morgan fingerprint density at radius 2 is 1.32 bits per heavy atom. The molecule has 0 amide bonds. The Bertz CT molecular complexity index is 385. The summed E-state index contributed by atoms with van der Waals surface area (Å²) in [6, 6.07) is 0. The van der Waals surface area contributed by atoms with Gasteiger partial charge in [0.15, 0.2) is 0 Å². The van der Waals surface area contributed by atoms with Gasteiger partial charge in [-0.15, -0.1) is 0 Å². The quantitative estimate of drug-likeness (QED) is 0.441. The fourth-order valence-electron chi connectivity index (χ4n) is 6.36. The summed E-state index contributed by atoms with van der Waals surface area (Å²) in [6.45, 7) is 2.31. The largest absolute Gasteiger partial charge is 0.300 e. The topological polar surface area (TPSA) is 17.1 Å². The molecule has 0 radical (unpaired) electrons. The summed E-state index contributed by atoms with van der Waals surface area (Å²) >= 11 is 0. The maximum Gasteiger partial charge on any atom is 0.133 e. The zero-order valence-electron chi connectivity index (χ0n) is 16.8. The number of hydrogen-bond donors (Lipinski definition) is 0. The molecule has 1 atom stereocenters. The van der Waals surface area contributed by atoms with Gasteiger partial charge in [-0.05, 0) is 81.0 Å².